The smallest absolute Gasteiger partial charge is 0.291 e. The minimum Gasteiger partial charge on any atom is -0.494 e. The van der Waals surface area contributed by atoms with Gasteiger partial charge in [0.25, 0.3) is 5.56 Å². The topological polar surface area (TPSA) is 92.8 Å². The van der Waals surface area contributed by atoms with E-state index >= 15 is 0 Å². The van der Waals surface area contributed by atoms with Crippen molar-refractivity contribution in [1.82, 2.24) is 24.4 Å². The minimum absolute atomic E-state index is 0.233. The van der Waals surface area contributed by atoms with Crippen LogP contribution >= 0.6 is 11.3 Å². The molecule has 0 atom stereocenters. The van der Waals surface area contributed by atoms with Crippen LogP contribution in [0.15, 0.2) is 77.7 Å². The number of thiazole rings is 1. The zero-order valence-electron chi connectivity index (χ0n) is 25.6. The number of para-hydroxylation sites is 1. The van der Waals surface area contributed by atoms with Crippen molar-refractivity contribution in [3.05, 3.63) is 110 Å². The highest BCUT2D eigenvalue weighted by molar-refractivity contribution is 7.15. The molecule has 9 nitrogen and oxygen atoms in total. The molecule has 3 aromatic heterocycles. The number of aryl methyl sites for hydroxylation is 1. The second kappa shape index (κ2) is 13.2. The van der Waals surface area contributed by atoms with Crippen LogP contribution in [0.3, 0.4) is 0 Å². The summed E-state index contributed by atoms with van der Waals surface area (Å²) in [5, 5.41) is 9.42. The highest BCUT2D eigenvalue weighted by Gasteiger charge is 2.16. The molecular weight excluding hydrogens is 586 g/mol. The predicted molar refractivity (Wildman–Crippen MR) is 179 cm³/mol. The molecule has 0 aliphatic carbocycles. The van der Waals surface area contributed by atoms with Crippen molar-refractivity contribution in [2.45, 2.75) is 26.7 Å². The predicted octanol–water partition coefficient (Wildman–Crippen LogP) is 6.23. The molecule has 3 heterocycles. The molecule has 228 valence electrons. The van der Waals surface area contributed by atoms with Gasteiger partial charge in [0.15, 0.2) is 17.3 Å². The van der Waals surface area contributed by atoms with Crippen LogP contribution in [0.1, 0.15) is 42.3 Å². The second-order valence-corrected chi connectivity index (χ2v) is 11.4. The molecule has 0 radical (unpaired) electrons. The average Bonchev–Trinajstić information content (AvgIpc) is 3.75. The molecule has 0 aliphatic rings. The Hall–Kier alpha value is -5.22. The number of hydrogen-bond donors (Lipinski definition) is 0. The lowest BCUT2D eigenvalue weighted by molar-refractivity contribution is 0.309. The molecule has 3 aromatic carbocycles. The summed E-state index contributed by atoms with van der Waals surface area (Å²) >= 11 is 1.29. The van der Waals surface area contributed by atoms with Gasteiger partial charge in [0.05, 0.1) is 31.0 Å². The molecule has 0 unspecified atom stereocenters. The third kappa shape index (κ3) is 6.37. The standard InChI is InChI=1S/C35H33N5O4S/c1-5-6-18-44-27-14-15-28(23(2)19-27)33-25(22-39(38-33)26-10-8-7-9-11-26)21-31-34(41)40-35(45-31)36-32(37-40)17-13-24-12-16-29(42-3)30(20-24)43-4/h7-17,19-22H,5-6,18H2,1-4H3/b17-13+,31-21-. The van der Waals surface area contributed by atoms with E-state index in [9.17, 15) is 4.79 Å². The second-order valence-electron chi connectivity index (χ2n) is 10.4. The highest BCUT2D eigenvalue weighted by atomic mass is 32.1. The van der Waals surface area contributed by atoms with Crippen LogP contribution in [0, 0.1) is 6.92 Å². The van der Waals surface area contributed by atoms with Crippen LogP contribution in [0.4, 0.5) is 0 Å². The number of aromatic nitrogens is 5. The number of unbranched alkanes of at least 4 members (excludes halogenated alkanes) is 1. The Labute approximate surface area is 264 Å². The van der Waals surface area contributed by atoms with Gasteiger partial charge in [0, 0.05) is 17.3 Å². The number of hydrogen-bond acceptors (Lipinski definition) is 8. The largest absolute Gasteiger partial charge is 0.494 e. The quantitative estimate of drug-likeness (QED) is 0.159. The molecule has 0 amide bonds. The lowest BCUT2D eigenvalue weighted by Gasteiger charge is -2.09. The Morgan fingerprint density at radius 3 is 2.49 bits per heavy atom. The van der Waals surface area contributed by atoms with Gasteiger partial charge in [-0.1, -0.05) is 55.0 Å². The monoisotopic (exact) mass is 619 g/mol. The third-order valence-corrected chi connectivity index (χ3v) is 8.26. The number of methoxy groups -OCH3 is 2. The van der Waals surface area contributed by atoms with E-state index in [1.165, 1.54) is 15.9 Å². The van der Waals surface area contributed by atoms with Crippen LogP contribution in [0.5, 0.6) is 17.2 Å². The summed E-state index contributed by atoms with van der Waals surface area (Å²) < 4.78 is 20.3. The fourth-order valence-corrected chi connectivity index (χ4v) is 5.83. The van der Waals surface area contributed by atoms with Gasteiger partial charge in [-0.25, -0.2) is 4.68 Å². The molecule has 6 rings (SSSR count). The van der Waals surface area contributed by atoms with Crippen molar-refractivity contribution in [2.75, 3.05) is 20.8 Å². The van der Waals surface area contributed by atoms with Gasteiger partial charge in [0.2, 0.25) is 4.96 Å². The molecule has 6 aromatic rings. The van der Waals surface area contributed by atoms with E-state index in [1.54, 1.807) is 20.3 Å². The van der Waals surface area contributed by atoms with E-state index < -0.39 is 0 Å². The first kappa shape index (κ1) is 29.8. The molecule has 0 fully saturated rings. The first-order chi connectivity index (χ1) is 22.0. The van der Waals surface area contributed by atoms with Crippen molar-refractivity contribution in [3.63, 3.8) is 0 Å². The van der Waals surface area contributed by atoms with Gasteiger partial charge in [-0.15, -0.1) is 5.10 Å². The Morgan fingerprint density at radius 2 is 1.76 bits per heavy atom. The maximum absolute atomic E-state index is 13.5. The SMILES string of the molecule is CCCCOc1ccc(-c2nn(-c3ccccc3)cc2/C=c2\sc3nc(/C=C/c4ccc(OC)c(OC)c4)nn3c2=O)c(C)c1. The zero-order chi connectivity index (χ0) is 31.3. The molecular formula is C35H33N5O4S. The number of fused-ring (bicyclic) bond motifs is 1. The van der Waals surface area contributed by atoms with Gasteiger partial charge in [-0.3, -0.25) is 4.79 Å². The first-order valence-electron chi connectivity index (χ1n) is 14.7. The maximum Gasteiger partial charge on any atom is 0.291 e. The average molecular weight is 620 g/mol. The number of benzene rings is 3. The van der Waals surface area contributed by atoms with E-state index in [4.69, 9.17) is 19.3 Å². The summed E-state index contributed by atoms with van der Waals surface area (Å²) in [4.78, 5) is 18.6. The summed E-state index contributed by atoms with van der Waals surface area (Å²) in [6.45, 7) is 4.88. The van der Waals surface area contributed by atoms with Crippen molar-refractivity contribution >= 4 is 34.5 Å². The Kier molecular flexibility index (Phi) is 8.74. The van der Waals surface area contributed by atoms with E-state index in [2.05, 4.69) is 17.0 Å². The highest BCUT2D eigenvalue weighted by Crippen LogP contribution is 2.30. The number of rotatable bonds is 11. The normalized spacial score (nSPS) is 12.0. The molecule has 10 heteroatoms. The molecule has 0 saturated carbocycles. The Balaban J connectivity index is 1.35. The summed E-state index contributed by atoms with van der Waals surface area (Å²) in [6, 6.07) is 21.6. The van der Waals surface area contributed by atoms with Crippen LogP contribution in [0.2, 0.25) is 0 Å². The molecule has 0 N–H and O–H groups in total. The first-order valence-corrected chi connectivity index (χ1v) is 15.5. The van der Waals surface area contributed by atoms with E-state index in [1.807, 2.05) is 96.7 Å². The van der Waals surface area contributed by atoms with Crippen molar-refractivity contribution in [2.24, 2.45) is 0 Å². The van der Waals surface area contributed by atoms with E-state index in [-0.39, 0.29) is 5.56 Å². The van der Waals surface area contributed by atoms with Gasteiger partial charge in [0.1, 0.15) is 11.4 Å². The molecule has 0 saturated heterocycles. The Morgan fingerprint density at radius 1 is 0.933 bits per heavy atom. The molecule has 45 heavy (non-hydrogen) atoms. The van der Waals surface area contributed by atoms with Crippen molar-refractivity contribution in [1.29, 1.82) is 0 Å². The lowest BCUT2D eigenvalue weighted by Crippen LogP contribution is -2.23. The van der Waals surface area contributed by atoms with Crippen LogP contribution < -0.4 is 24.3 Å². The molecule has 0 aliphatic heterocycles. The van der Waals surface area contributed by atoms with Crippen molar-refractivity contribution < 1.29 is 14.2 Å². The van der Waals surface area contributed by atoms with E-state index in [0.717, 1.165) is 52.2 Å². The van der Waals surface area contributed by atoms with Gasteiger partial charge in [-0.05, 0) is 79.1 Å². The van der Waals surface area contributed by atoms with Crippen LogP contribution in [-0.2, 0) is 0 Å². The fraction of sp³-hybridized carbons (Fsp3) is 0.200. The van der Waals surface area contributed by atoms with Gasteiger partial charge < -0.3 is 14.2 Å². The van der Waals surface area contributed by atoms with E-state index in [0.29, 0.717) is 33.4 Å². The summed E-state index contributed by atoms with van der Waals surface area (Å²) in [5.41, 5.74) is 5.17. The molecule has 0 bridgehead atoms. The van der Waals surface area contributed by atoms with Gasteiger partial charge >= 0.3 is 0 Å². The summed E-state index contributed by atoms with van der Waals surface area (Å²) in [5.74, 6) is 2.55. The molecule has 0 spiro atoms. The fourth-order valence-electron chi connectivity index (χ4n) is 4.93. The van der Waals surface area contributed by atoms with Crippen LogP contribution in [-0.4, -0.2) is 45.2 Å². The Bertz CT molecular complexity index is 2100. The summed E-state index contributed by atoms with van der Waals surface area (Å²) in [6.07, 6.45) is 9.54. The van der Waals surface area contributed by atoms with Crippen LogP contribution in [0.25, 0.3) is 40.1 Å². The zero-order valence-corrected chi connectivity index (χ0v) is 26.4. The summed E-state index contributed by atoms with van der Waals surface area (Å²) in [7, 11) is 3.19. The van der Waals surface area contributed by atoms with Crippen molar-refractivity contribution in [3.8, 4) is 34.2 Å². The van der Waals surface area contributed by atoms with Gasteiger partial charge in [-0.2, -0.15) is 14.6 Å². The third-order valence-electron chi connectivity index (χ3n) is 7.30. The number of nitrogens with zero attached hydrogens (tertiary/aromatic N) is 5. The minimum atomic E-state index is -0.233. The maximum atomic E-state index is 13.5. The lowest BCUT2D eigenvalue weighted by atomic mass is 10.0. The number of ether oxygens (including phenoxy) is 3.